The lowest BCUT2D eigenvalue weighted by molar-refractivity contribution is -0.117. The molecule has 0 aliphatic carbocycles. The Balaban J connectivity index is 1.66. The molecule has 27 heavy (non-hydrogen) atoms. The van der Waals surface area contributed by atoms with Crippen LogP contribution >= 0.6 is 0 Å². The van der Waals surface area contributed by atoms with Crippen molar-refractivity contribution < 1.29 is 27.5 Å². The molecule has 3 rings (SSSR count). The molecule has 8 heteroatoms. The molecule has 0 spiro atoms. The van der Waals surface area contributed by atoms with Gasteiger partial charge in [-0.15, -0.1) is 0 Å². The van der Waals surface area contributed by atoms with Crippen molar-refractivity contribution in [3.63, 3.8) is 0 Å². The van der Waals surface area contributed by atoms with Crippen LogP contribution in [0.1, 0.15) is 30.4 Å². The quantitative estimate of drug-likeness (QED) is 0.762. The number of morpholine rings is 1. The van der Waals surface area contributed by atoms with Crippen LogP contribution in [0.3, 0.4) is 0 Å². The minimum absolute atomic E-state index is 0.0468. The summed E-state index contributed by atoms with van der Waals surface area (Å²) in [6, 6.07) is 3.25. The van der Waals surface area contributed by atoms with Gasteiger partial charge in [-0.1, -0.05) is 6.07 Å². The molecule has 2 aliphatic heterocycles. The van der Waals surface area contributed by atoms with Crippen molar-refractivity contribution in [3.05, 3.63) is 47.0 Å². The first-order valence-corrected chi connectivity index (χ1v) is 8.64. The lowest BCUT2D eigenvalue weighted by atomic mass is 9.99. The molecule has 1 aromatic carbocycles. The minimum atomic E-state index is -2.94. The maximum Gasteiger partial charge on any atom is 0.266 e. The standard InChI is InChI=1S/C19H19F3N2O3/c20-17-2-1-12(8-16(17)19(21)22)7-14(25)9-13-10-15(26)11-18(23-13)24-3-5-27-6-4-24/h1-2,8,11,19H,3-7,9-10H2. The van der Waals surface area contributed by atoms with E-state index in [4.69, 9.17) is 4.74 Å². The molecule has 0 saturated carbocycles. The summed E-state index contributed by atoms with van der Waals surface area (Å²) in [4.78, 5) is 30.6. The van der Waals surface area contributed by atoms with Gasteiger partial charge in [0.05, 0.1) is 18.8 Å². The average molecular weight is 380 g/mol. The highest BCUT2D eigenvalue weighted by molar-refractivity contribution is 6.14. The first-order valence-electron chi connectivity index (χ1n) is 8.64. The van der Waals surface area contributed by atoms with Crippen LogP contribution in [0.15, 0.2) is 35.1 Å². The van der Waals surface area contributed by atoms with Crippen LogP contribution in [0.4, 0.5) is 13.2 Å². The molecule has 0 aromatic heterocycles. The fourth-order valence-corrected chi connectivity index (χ4v) is 3.07. The summed E-state index contributed by atoms with van der Waals surface area (Å²) in [5, 5.41) is 0. The van der Waals surface area contributed by atoms with E-state index in [2.05, 4.69) is 4.99 Å². The number of hydrogen-bond acceptors (Lipinski definition) is 5. The Kier molecular flexibility index (Phi) is 6.05. The maximum absolute atomic E-state index is 13.4. The van der Waals surface area contributed by atoms with E-state index in [0.29, 0.717) is 43.4 Å². The zero-order valence-electron chi connectivity index (χ0n) is 14.6. The van der Waals surface area contributed by atoms with E-state index in [-0.39, 0.29) is 30.8 Å². The molecule has 0 N–H and O–H groups in total. The Morgan fingerprint density at radius 3 is 2.67 bits per heavy atom. The van der Waals surface area contributed by atoms with Gasteiger partial charge in [-0.05, 0) is 17.7 Å². The molecule has 0 radical (unpaired) electrons. The number of ether oxygens (including phenoxy) is 1. The van der Waals surface area contributed by atoms with Crippen LogP contribution in [-0.2, 0) is 20.7 Å². The SMILES string of the molecule is O=C1C=C(N2CCOCC2)N=C(CC(=O)Cc2ccc(F)c(C(F)F)c2)C1. The third kappa shape index (κ3) is 5.03. The summed E-state index contributed by atoms with van der Waals surface area (Å²) < 4.78 is 44.2. The summed E-state index contributed by atoms with van der Waals surface area (Å²) in [6.07, 6.45) is -1.58. The predicted molar refractivity (Wildman–Crippen MR) is 92.2 cm³/mol. The van der Waals surface area contributed by atoms with Crippen LogP contribution in [0, 0.1) is 5.82 Å². The molecule has 0 unspecified atom stereocenters. The molecule has 2 heterocycles. The third-order valence-corrected chi connectivity index (χ3v) is 4.37. The Morgan fingerprint density at radius 1 is 1.22 bits per heavy atom. The third-order valence-electron chi connectivity index (χ3n) is 4.37. The maximum atomic E-state index is 13.4. The van der Waals surface area contributed by atoms with E-state index in [1.54, 1.807) is 0 Å². The van der Waals surface area contributed by atoms with Crippen molar-refractivity contribution in [2.75, 3.05) is 26.3 Å². The first kappa shape index (κ1) is 19.3. The number of benzene rings is 1. The van der Waals surface area contributed by atoms with Crippen LogP contribution in [0.25, 0.3) is 0 Å². The fourth-order valence-electron chi connectivity index (χ4n) is 3.07. The molecule has 144 valence electrons. The number of Topliss-reactive ketones (excluding diaryl/α,β-unsaturated/α-hetero) is 1. The Labute approximate surface area is 154 Å². The van der Waals surface area contributed by atoms with Gasteiger partial charge in [0, 0.05) is 44.1 Å². The summed E-state index contributed by atoms with van der Waals surface area (Å²) >= 11 is 0. The summed E-state index contributed by atoms with van der Waals surface area (Å²) in [7, 11) is 0. The van der Waals surface area contributed by atoms with Crippen molar-refractivity contribution in [3.8, 4) is 0 Å². The molecule has 0 amide bonds. The molecule has 5 nitrogen and oxygen atoms in total. The summed E-state index contributed by atoms with van der Waals surface area (Å²) in [5.74, 6) is -0.865. The van der Waals surface area contributed by atoms with Crippen LogP contribution in [0.5, 0.6) is 0 Å². The highest BCUT2D eigenvalue weighted by Gasteiger charge is 2.22. The van der Waals surface area contributed by atoms with Gasteiger partial charge in [0.25, 0.3) is 6.43 Å². The largest absolute Gasteiger partial charge is 0.378 e. The monoisotopic (exact) mass is 380 g/mol. The number of carbonyl (C=O) groups is 2. The lowest BCUT2D eigenvalue weighted by Gasteiger charge is -2.30. The number of allylic oxidation sites excluding steroid dienone is 1. The second-order valence-corrected chi connectivity index (χ2v) is 6.47. The van der Waals surface area contributed by atoms with Crippen molar-refractivity contribution >= 4 is 17.3 Å². The molecule has 0 atom stereocenters. The van der Waals surface area contributed by atoms with E-state index in [0.717, 1.165) is 12.1 Å². The molecule has 1 fully saturated rings. The van der Waals surface area contributed by atoms with E-state index in [1.165, 1.54) is 12.1 Å². The smallest absolute Gasteiger partial charge is 0.266 e. The number of hydrogen-bond donors (Lipinski definition) is 0. The number of nitrogens with zero attached hydrogens (tertiary/aromatic N) is 2. The molecule has 0 bridgehead atoms. The van der Waals surface area contributed by atoms with E-state index in [9.17, 15) is 22.8 Å². The van der Waals surface area contributed by atoms with Crippen molar-refractivity contribution in [2.24, 2.45) is 4.99 Å². The zero-order chi connectivity index (χ0) is 19.4. The number of aliphatic imine (C=N–C) groups is 1. The van der Waals surface area contributed by atoms with Crippen molar-refractivity contribution in [1.82, 2.24) is 4.90 Å². The van der Waals surface area contributed by atoms with Crippen molar-refractivity contribution in [2.45, 2.75) is 25.7 Å². The first-order chi connectivity index (χ1) is 12.9. The van der Waals surface area contributed by atoms with Gasteiger partial charge >= 0.3 is 0 Å². The zero-order valence-corrected chi connectivity index (χ0v) is 14.6. The Hall–Kier alpha value is -2.48. The number of carbonyl (C=O) groups excluding carboxylic acids is 2. The number of halogens is 3. The van der Waals surface area contributed by atoms with Gasteiger partial charge in [-0.3, -0.25) is 9.59 Å². The second kappa shape index (κ2) is 8.47. The predicted octanol–water partition coefficient (Wildman–Crippen LogP) is 2.85. The van der Waals surface area contributed by atoms with Gasteiger partial charge < -0.3 is 9.64 Å². The number of ketones is 2. The lowest BCUT2D eigenvalue weighted by Crippen LogP contribution is -2.36. The van der Waals surface area contributed by atoms with Gasteiger partial charge in [-0.2, -0.15) is 0 Å². The topological polar surface area (TPSA) is 59.0 Å². The van der Waals surface area contributed by atoms with Crippen molar-refractivity contribution in [1.29, 1.82) is 0 Å². The summed E-state index contributed by atoms with van der Waals surface area (Å²) in [6.45, 7) is 2.34. The van der Waals surface area contributed by atoms with E-state index in [1.807, 2.05) is 4.90 Å². The van der Waals surface area contributed by atoms with Crippen LogP contribution in [0.2, 0.25) is 0 Å². The van der Waals surface area contributed by atoms with Gasteiger partial charge in [0.2, 0.25) is 0 Å². The minimum Gasteiger partial charge on any atom is -0.378 e. The highest BCUT2D eigenvalue weighted by atomic mass is 19.3. The van der Waals surface area contributed by atoms with Crippen LogP contribution < -0.4 is 0 Å². The van der Waals surface area contributed by atoms with Gasteiger partial charge in [0.15, 0.2) is 5.78 Å². The number of alkyl halides is 2. The molecular formula is C19H19F3N2O3. The second-order valence-electron chi connectivity index (χ2n) is 6.47. The number of rotatable bonds is 6. The molecular weight excluding hydrogens is 361 g/mol. The average Bonchev–Trinajstić information content (AvgIpc) is 2.63. The van der Waals surface area contributed by atoms with Crippen LogP contribution in [-0.4, -0.2) is 48.5 Å². The highest BCUT2D eigenvalue weighted by Crippen LogP contribution is 2.24. The molecule has 1 saturated heterocycles. The molecule has 1 aromatic rings. The van der Waals surface area contributed by atoms with Gasteiger partial charge in [0.1, 0.15) is 17.4 Å². The summed E-state index contributed by atoms with van der Waals surface area (Å²) in [5.41, 5.74) is 0.0385. The molecule has 2 aliphatic rings. The van der Waals surface area contributed by atoms with Gasteiger partial charge in [-0.25, -0.2) is 18.2 Å². The van der Waals surface area contributed by atoms with E-state index >= 15 is 0 Å². The van der Waals surface area contributed by atoms with E-state index < -0.39 is 17.8 Å². The fraction of sp³-hybridized carbons (Fsp3) is 0.421. The Morgan fingerprint density at radius 2 is 1.96 bits per heavy atom. The normalized spacial score (nSPS) is 17.8. The Bertz CT molecular complexity index is 799.